The highest BCUT2D eigenvalue weighted by atomic mass is 16.5. The summed E-state index contributed by atoms with van der Waals surface area (Å²) in [7, 11) is 0. The minimum Gasteiger partial charge on any atom is -0.494 e. The average molecular weight is 373 g/mol. The second kappa shape index (κ2) is 8.41. The van der Waals surface area contributed by atoms with E-state index in [9.17, 15) is 14.4 Å². The normalized spacial score (nSPS) is 24.8. The van der Waals surface area contributed by atoms with E-state index < -0.39 is 11.6 Å². The van der Waals surface area contributed by atoms with Crippen LogP contribution >= 0.6 is 0 Å². The molecule has 1 aromatic carbocycles. The summed E-state index contributed by atoms with van der Waals surface area (Å²) in [6.07, 6.45) is 4.18. The van der Waals surface area contributed by atoms with Crippen molar-refractivity contribution in [3.8, 4) is 5.75 Å². The second-order valence-electron chi connectivity index (χ2n) is 7.30. The Hall–Kier alpha value is -2.57. The number of hydrogen-bond acceptors (Lipinski definition) is 4. The van der Waals surface area contributed by atoms with Crippen molar-refractivity contribution < 1.29 is 19.1 Å². The topological polar surface area (TPSA) is 87.7 Å². The Labute approximate surface area is 159 Å². The minimum absolute atomic E-state index is 0.0888. The summed E-state index contributed by atoms with van der Waals surface area (Å²) in [4.78, 5) is 38.3. The molecule has 1 spiro atoms. The Morgan fingerprint density at radius 2 is 2.07 bits per heavy atom. The van der Waals surface area contributed by atoms with Gasteiger partial charge in [-0.15, -0.1) is 0 Å². The van der Waals surface area contributed by atoms with Crippen LogP contribution in [0.1, 0.15) is 39.0 Å². The first kappa shape index (κ1) is 19.2. The molecule has 1 saturated heterocycles. The van der Waals surface area contributed by atoms with Gasteiger partial charge in [-0.3, -0.25) is 14.5 Å². The number of carbonyl (C=O) groups is 3. The molecule has 146 valence electrons. The van der Waals surface area contributed by atoms with Gasteiger partial charge in [-0.2, -0.15) is 0 Å². The molecule has 1 aromatic rings. The fourth-order valence-electron chi connectivity index (χ4n) is 3.85. The largest absolute Gasteiger partial charge is 0.494 e. The van der Waals surface area contributed by atoms with Crippen LogP contribution in [0.15, 0.2) is 30.3 Å². The third kappa shape index (κ3) is 4.23. The lowest BCUT2D eigenvalue weighted by Gasteiger charge is -2.36. The van der Waals surface area contributed by atoms with E-state index >= 15 is 0 Å². The molecule has 1 heterocycles. The maximum absolute atomic E-state index is 12.8. The minimum atomic E-state index is -0.820. The zero-order valence-electron chi connectivity index (χ0n) is 15.7. The molecule has 2 atom stereocenters. The molecule has 0 radical (unpaired) electrons. The standard InChI is InChI=1S/C20H27N3O4/c1-15-8-5-6-11-20(15)18(25)23(19(26)22-20)14-17(24)21-12-7-13-27-16-9-3-2-4-10-16/h2-4,9-10,15H,5-8,11-14H2,1H3,(H,21,24)(H,22,26)/t15-,20+/m0/s1. The van der Waals surface area contributed by atoms with E-state index in [0.717, 1.165) is 29.9 Å². The molecular formula is C20H27N3O4. The average Bonchev–Trinajstić information content (AvgIpc) is 2.90. The number of rotatable bonds is 7. The number of nitrogens with one attached hydrogen (secondary N) is 2. The zero-order valence-corrected chi connectivity index (χ0v) is 15.7. The van der Waals surface area contributed by atoms with Crippen LogP contribution in [0.2, 0.25) is 0 Å². The molecule has 7 heteroatoms. The van der Waals surface area contributed by atoms with Crippen LogP contribution in [-0.2, 0) is 9.59 Å². The molecule has 2 N–H and O–H groups in total. The number of nitrogens with zero attached hydrogens (tertiary/aromatic N) is 1. The van der Waals surface area contributed by atoms with Gasteiger partial charge in [0.1, 0.15) is 17.8 Å². The van der Waals surface area contributed by atoms with Crippen molar-refractivity contribution in [1.29, 1.82) is 0 Å². The molecule has 2 fully saturated rings. The lowest BCUT2D eigenvalue weighted by Crippen LogP contribution is -2.54. The molecule has 1 saturated carbocycles. The van der Waals surface area contributed by atoms with Crippen LogP contribution in [-0.4, -0.2) is 48.0 Å². The fourth-order valence-corrected chi connectivity index (χ4v) is 3.85. The van der Waals surface area contributed by atoms with Gasteiger partial charge in [0.2, 0.25) is 5.91 Å². The Bertz CT molecular complexity index is 694. The van der Waals surface area contributed by atoms with Crippen LogP contribution in [0.25, 0.3) is 0 Å². The van der Waals surface area contributed by atoms with Crippen molar-refractivity contribution in [2.45, 2.75) is 44.6 Å². The molecule has 0 aromatic heterocycles. The van der Waals surface area contributed by atoms with Crippen LogP contribution in [0.4, 0.5) is 4.79 Å². The molecule has 7 nitrogen and oxygen atoms in total. The Kier molecular flexibility index (Phi) is 5.98. The van der Waals surface area contributed by atoms with Gasteiger partial charge < -0.3 is 15.4 Å². The van der Waals surface area contributed by atoms with E-state index in [-0.39, 0.29) is 24.3 Å². The second-order valence-corrected chi connectivity index (χ2v) is 7.30. The van der Waals surface area contributed by atoms with E-state index in [2.05, 4.69) is 10.6 Å². The third-order valence-corrected chi connectivity index (χ3v) is 5.46. The fraction of sp³-hybridized carbons (Fsp3) is 0.550. The Morgan fingerprint density at radius 1 is 1.30 bits per heavy atom. The van der Waals surface area contributed by atoms with Gasteiger partial charge in [-0.05, 0) is 37.3 Å². The Morgan fingerprint density at radius 3 is 2.81 bits per heavy atom. The molecule has 1 aliphatic heterocycles. The third-order valence-electron chi connectivity index (χ3n) is 5.46. The maximum Gasteiger partial charge on any atom is 0.325 e. The molecular weight excluding hydrogens is 346 g/mol. The summed E-state index contributed by atoms with van der Waals surface area (Å²) in [5, 5.41) is 5.60. The molecule has 4 amide bonds. The van der Waals surface area contributed by atoms with Gasteiger partial charge in [0.25, 0.3) is 5.91 Å². The van der Waals surface area contributed by atoms with Gasteiger partial charge in [0.05, 0.1) is 6.61 Å². The van der Waals surface area contributed by atoms with E-state index in [0.29, 0.717) is 26.0 Å². The molecule has 2 aliphatic rings. The predicted octanol–water partition coefficient (Wildman–Crippen LogP) is 2.07. The van der Waals surface area contributed by atoms with Crippen molar-refractivity contribution >= 4 is 17.8 Å². The van der Waals surface area contributed by atoms with E-state index in [1.54, 1.807) is 0 Å². The van der Waals surface area contributed by atoms with E-state index in [4.69, 9.17) is 4.74 Å². The summed E-state index contributed by atoms with van der Waals surface area (Å²) in [6.45, 7) is 2.66. The summed E-state index contributed by atoms with van der Waals surface area (Å²) in [5.74, 6) is 0.280. The highest BCUT2D eigenvalue weighted by Gasteiger charge is 2.55. The van der Waals surface area contributed by atoms with Crippen molar-refractivity contribution in [2.24, 2.45) is 5.92 Å². The highest BCUT2D eigenvalue weighted by Crippen LogP contribution is 2.38. The number of carbonyl (C=O) groups excluding carboxylic acids is 3. The summed E-state index contributed by atoms with van der Waals surface area (Å²) < 4.78 is 5.56. The van der Waals surface area contributed by atoms with Crippen molar-refractivity contribution in [1.82, 2.24) is 15.5 Å². The molecule has 0 unspecified atom stereocenters. The number of benzene rings is 1. The first-order valence-corrected chi connectivity index (χ1v) is 9.61. The monoisotopic (exact) mass is 373 g/mol. The molecule has 0 bridgehead atoms. The lowest BCUT2D eigenvalue weighted by molar-refractivity contribution is -0.137. The number of hydrogen-bond donors (Lipinski definition) is 2. The van der Waals surface area contributed by atoms with Gasteiger partial charge in [-0.25, -0.2) is 4.79 Å². The van der Waals surface area contributed by atoms with Crippen LogP contribution < -0.4 is 15.4 Å². The number of amides is 4. The number of ether oxygens (including phenoxy) is 1. The maximum atomic E-state index is 12.8. The van der Waals surface area contributed by atoms with Crippen LogP contribution in [0.3, 0.4) is 0 Å². The van der Waals surface area contributed by atoms with Gasteiger partial charge >= 0.3 is 6.03 Å². The number of imide groups is 1. The van der Waals surface area contributed by atoms with Crippen LogP contribution in [0.5, 0.6) is 5.75 Å². The predicted molar refractivity (Wildman–Crippen MR) is 100 cm³/mol. The van der Waals surface area contributed by atoms with Crippen molar-refractivity contribution in [3.63, 3.8) is 0 Å². The molecule has 1 aliphatic carbocycles. The van der Waals surface area contributed by atoms with Gasteiger partial charge in [0, 0.05) is 6.54 Å². The Balaban J connectivity index is 1.42. The number of urea groups is 1. The first-order valence-electron chi connectivity index (χ1n) is 9.61. The highest BCUT2D eigenvalue weighted by molar-refractivity contribution is 6.09. The molecule has 3 rings (SSSR count). The van der Waals surface area contributed by atoms with Gasteiger partial charge in [-0.1, -0.05) is 38.0 Å². The van der Waals surface area contributed by atoms with E-state index in [1.165, 1.54) is 0 Å². The quantitative estimate of drug-likeness (QED) is 0.566. The summed E-state index contributed by atoms with van der Waals surface area (Å²) in [6, 6.07) is 9.00. The van der Waals surface area contributed by atoms with Crippen molar-refractivity contribution in [2.75, 3.05) is 19.7 Å². The summed E-state index contributed by atoms with van der Waals surface area (Å²) in [5.41, 5.74) is -0.820. The number of para-hydroxylation sites is 1. The zero-order chi connectivity index (χ0) is 19.3. The SMILES string of the molecule is C[C@H]1CCCC[C@@]12NC(=O)N(CC(=O)NCCCOc1ccccc1)C2=O. The smallest absolute Gasteiger partial charge is 0.325 e. The summed E-state index contributed by atoms with van der Waals surface area (Å²) >= 11 is 0. The molecule has 27 heavy (non-hydrogen) atoms. The van der Waals surface area contributed by atoms with Gasteiger partial charge in [0.15, 0.2) is 0 Å². The van der Waals surface area contributed by atoms with Crippen LogP contribution in [0, 0.1) is 5.92 Å². The lowest BCUT2D eigenvalue weighted by atomic mass is 9.73. The first-order chi connectivity index (χ1) is 13.0. The van der Waals surface area contributed by atoms with Crippen molar-refractivity contribution in [3.05, 3.63) is 30.3 Å². The van der Waals surface area contributed by atoms with E-state index in [1.807, 2.05) is 37.3 Å².